The van der Waals surface area contributed by atoms with Crippen LogP contribution in [-0.2, 0) is 0 Å². The first-order valence-electron chi connectivity index (χ1n) is 11.8. The van der Waals surface area contributed by atoms with Crippen LogP contribution in [0.1, 0.15) is 122 Å². The first-order valence-corrected chi connectivity index (χ1v) is 11.8. The average Bonchev–Trinajstić information content (AvgIpc) is 2.69. The number of allylic oxidation sites excluding steroid dienone is 4. The van der Waals surface area contributed by atoms with E-state index in [4.69, 9.17) is 0 Å². The zero-order valence-corrected chi connectivity index (χ0v) is 18.6. The fourth-order valence-corrected chi connectivity index (χ4v) is 3.10. The largest absolute Gasteiger partial charge is 0.103 e. The van der Waals surface area contributed by atoms with E-state index in [-0.39, 0.29) is 0 Å². The summed E-state index contributed by atoms with van der Waals surface area (Å²) in [6.07, 6.45) is 33.6. The van der Waals surface area contributed by atoms with Gasteiger partial charge in [0.1, 0.15) is 0 Å². The van der Waals surface area contributed by atoms with E-state index in [9.17, 15) is 0 Å². The maximum Gasteiger partial charge on any atom is -0.0353 e. The van der Waals surface area contributed by atoms with Crippen LogP contribution in [0.25, 0.3) is 0 Å². The van der Waals surface area contributed by atoms with Crippen LogP contribution >= 0.6 is 0 Å². The molecule has 0 bridgehead atoms. The van der Waals surface area contributed by atoms with Gasteiger partial charge in [-0.05, 0) is 51.4 Å². The maximum atomic E-state index is 3.73. The summed E-state index contributed by atoms with van der Waals surface area (Å²) in [5.41, 5.74) is 0. The third-order valence-corrected chi connectivity index (χ3v) is 4.88. The molecule has 0 aromatic rings. The molecule has 0 atom stereocenters. The van der Waals surface area contributed by atoms with Gasteiger partial charge in [-0.25, -0.2) is 0 Å². The molecule has 0 N–H and O–H groups in total. The Balaban J connectivity index is 0. The number of unbranched alkanes of at least 4 members (excludes halogenated alkanes) is 17. The summed E-state index contributed by atoms with van der Waals surface area (Å²) in [7, 11) is 0. The summed E-state index contributed by atoms with van der Waals surface area (Å²) >= 11 is 0. The van der Waals surface area contributed by atoms with Crippen LogP contribution in [0.4, 0.5) is 0 Å². The number of hydrogen-bond acceptors (Lipinski definition) is 0. The van der Waals surface area contributed by atoms with Gasteiger partial charge in [-0.15, -0.1) is 26.3 Å². The van der Waals surface area contributed by atoms with Crippen molar-refractivity contribution in [2.24, 2.45) is 0 Å². The lowest BCUT2D eigenvalue weighted by Crippen LogP contribution is -1.80. The molecule has 0 aliphatic heterocycles. The summed E-state index contributed by atoms with van der Waals surface area (Å²) in [5, 5.41) is 0. The molecule has 0 amide bonds. The van der Waals surface area contributed by atoms with Gasteiger partial charge in [0.15, 0.2) is 0 Å². The summed E-state index contributed by atoms with van der Waals surface area (Å²) < 4.78 is 0. The van der Waals surface area contributed by atoms with Crippen molar-refractivity contribution in [2.45, 2.75) is 122 Å². The molecule has 0 heterocycles. The Morgan fingerprint density at radius 2 is 0.407 bits per heavy atom. The summed E-state index contributed by atoms with van der Waals surface area (Å²) in [6, 6.07) is 0. The lowest BCUT2D eigenvalue weighted by atomic mass is 10.1. The van der Waals surface area contributed by atoms with Gasteiger partial charge in [0.25, 0.3) is 0 Å². The van der Waals surface area contributed by atoms with Gasteiger partial charge in [-0.1, -0.05) is 94.9 Å². The van der Waals surface area contributed by atoms with Gasteiger partial charge in [0.05, 0.1) is 0 Å². The summed E-state index contributed by atoms with van der Waals surface area (Å²) in [6.45, 7) is 14.9. The van der Waals surface area contributed by atoms with Gasteiger partial charge in [0, 0.05) is 0 Å². The molecule has 0 saturated carbocycles. The fraction of sp³-hybridized carbons (Fsp3) is 0.704. The molecule has 0 heteroatoms. The molecule has 0 radical (unpaired) electrons. The van der Waals surface area contributed by atoms with Crippen molar-refractivity contribution in [3.8, 4) is 0 Å². The summed E-state index contributed by atoms with van der Waals surface area (Å²) in [5.74, 6) is 0. The molecule has 0 unspecified atom stereocenters. The monoisotopic (exact) mass is 374 g/mol. The van der Waals surface area contributed by atoms with Crippen molar-refractivity contribution >= 4 is 0 Å². The minimum absolute atomic E-state index is 1.19. The Morgan fingerprint density at radius 3 is 0.556 bits per heavy atom. The van der Waals surface area contributed by atoms with Crippen LogP contribution in [0.3, 0.4) is 0 Å². The highest BCUT2D eigenvalue weighted by Crippen LogP contribution is 2.11. The van der Waals surface area contributed by atoms with Gasteiger partial charge < -0.3 is 0 Å². The Bertz CT molecular complexity index is 269. The van der Waals surface area contributed by atoms with Crippen LogP contribution in [0.15, 0.2) is 50.6 Å². The fourth-order valence-electron chi connectivity index (χ4n) is 3.10. The highest BCUT2D eigenvalue weighted by Gasteiger charge is 1.91. The predicted octanol–water partition coefficient (Wildman–Crippen LogP) is 10.1. The van der Waals surface area contributed by atoms with Crippen LogP contribution in [0, 0.1) is 0 Å². The third kappa shape index (κ3) is 33.0. The molecular formula is C27H50. The van der Waals surface area contributed by atoms with E-state index in [0.717, 1.165) is 0 Å². The summed E-state index contributed by atoms with van der Waals surface area (Å²) in [4.78, 5) is 0. The van der Waals surface area contributed by atoms with Gasteiger partial charge >= 0.3 is 0 Å². The third-order valence-electron chi connectivity index (χ3n) is 4.88. The second kappa shape index (κ2) is 29.7. The topological polar surface area (TPSA) is 0 Å². The zero-order valence-electron chi connectivity index (χ0n) is 18.6. The van der Waals surface area contributed by atoms with Gasteiger partial charge in [0.2, 0.25) is 0 Å². The van der Waals surface area contributed by atoms with Crippen molar-refractivity contribution in [1.82, 2.24) is 0 Å². The molecule has 0 saturated heterocycles. The van der Waals surface area contributed by atoms with Crippen molar-refractivity contribution in [3.63, 3.8) is 0 Å². The highest BCUT2D eigenvalue weighted by atomic mass is 14.0. The quantitative estimate of drug-likeness (QED) is 0.138. The molecule has 0 aliphatic carbocycles. The van der Waals surface area contributed by atoms with Crippen molar-refractivity contribution < 1.29 is 0 Å². The molecular weight excluding hydrogens is 324 g/mol. The minimum atomic E-state index is 1.19. The van der Waals surface area contributed by atoms with E-state index in [1.807, 2.05) is 24.3 Å². The second-order valence-electron chi connectivity index (χ2n) is 7.61. The lowest BCUT2D eigenvalue weighted by Gasteiger charge is -2.00. The Kier molecular flexibility index (Phi) is 31.0. The highest BCUT2D eigenvalue weighted by molar-refractivity contribution is 4.67. The molecule has 0 fully saturated rings. The van der Waals surface area contributed by atoms with E-state index in [1.165, 1.54) is 122 Å². The van der Waals surface area contributed by atoms with Gasteiger partial charge in [-0.2, -0.15) is 0 Å². The first-order chi connectivity index (χ1) is 13.3. The van der Waals surface area contributed by atoms with E-state index in [2.05, 4.69) is 26.3 Å². The molecule has 0 rings (SSSR count). The molecule has 158 valence electrons. The van der Waals surface area contributed by atoms with Crippen molar-refractivity contribution in [1.29, 1.82) is 0 Å². The van der Waals surface area contributed by atoms with Gasteiger partial charge in [-0.3, -0.25) is 0 Å². The van der Waals surface area contributed by atoms with E-state index in [1.54, 1.807) is 0 Å². The van der Waals surface area contributed by atoms with Crippen molar-refractivity contribution in [3.05, 3.63) is 50.6 Å². The van der Waals surface area contributed by atoms with Crippen LogP contribution in [0.2, 0.25) is 0 Å². The van der Waals surface area contributed by atoms with Crippen molar-refractivity contribution in [2.75, 3.05) is 0 Å². The Hall–Kier alpha value is -1.04. The molecule has 0 aromatic carbocycles. The minimum Gasteiger partial charge on any atom is -0.103 e. The Labute approximate surface area is 172 Å². The molecule has 27 heavy (non-hydrogen) atoms. The SMILES string of the molecule is C=CCCCCCCCCCC=C.C=CCCCCCCCCCCC=C. The Morgan fingerprint density at radius 1 is 0.259 bits per heavy atom. The average molecular weight is 375 g/mol. The van der Waals surface area contributed by atoms with E-state index < -0.39 is 0 Å². The molecule has 0 nitrogen and oxygen atoms in total. The lowest BCUT2D eigenvalue weighted by molar-refractivity contribution is 0.571. The predicted molar refractivity (Wildman–Crippen MR) is 129 cm³/mol. The zero-order chi connectivity index (χ0) is 20.3. The standard InChI is InChI=1S/C14H26.C13H24/c1-3-5-7-9-11-13-14-12-10-8-6-4-2;1-3-5-7-9-11-13-12-10-8-6-4-2/h3-4H,1-2,5-14H2;3-4H,1-2,5-13H2. The normalized spacial score (nSPS) is 9.93. The molecule has 0 aromatic heterocycles. The number of hydrogen-bond donors (Lipinski definition) is 0. The van der Waals surface area contributed by atoms with E-state index in [0.29, 0.717) is 0 Å². The van der Waals surface area contributed by atoms with Crippen LogP contribution < -0.4 is 0 Å². The smallest absolute Gasteiger partial charge is 0.0353 e. The number of rotatable bonds is 21. The van der Waals surface area contributed by atoms with Crippen LogP contribution in [0.5, 0.6) is 0 Å². The molecule has 0 aliphatic rings. The maximum absolute atomic E-state index is 3.73. The second-order valence-corrected chi connectivity index (χ2v) is 7.61. The van der Waals surface area contributed by atoms with Crippen LogP contribution in [-0.4, -0.2) is 0 Å². The first kappa shape index (κ1) is 28.2. The van der Waals surface area contributed by atoms with E-state index >= 15 is 0 Å². The molecule has 0 spiro atoms.